The molecule has 0 saturated heterocycles. The molecule has 1 rings (SSSR count). The first kappa shape index (κ1) is 12.9. The molecule has 0 bridgehead atoms. The number of methoxy groups -OCH3 is 2. The number of benzene rings is 1. The Morgan fingerprint density at radius 3 is 2.44 bits per heavy atom. The maximum absolute atomic E-state index is 13.1. The quantitative estimate of drug-likeness (QED) is 0.859. The number of aliphatic hydroxyl groups excluding tert-OH is 1. The maximum atomic E-state index is 13.1. The molecular formula is C12H17FO3. The van der Waals surface area contributed by atoms with Crippen LogP contribution >= 0.6 is 0 Å². The highest BCUT2D eigenvalue weighted by molar-refractivity contribution is 5.36. The molecule has 0 saturated carbocycles. The van der Waals surface area contributed by atoms with E-state index in [2.05, 4.69) is 0 Å². The van der Waals surface area contributed by atoms with Crippen molar-refractivity contribution < 1.29 is 19.0 Å². The fraction of sp³-hybridized carbons (Fsp3) is 0.500. The van der Waals surface area contributed by atoms with Crippen molar-refractivity contribution in [1.82, 2.24) is 0 Å². The van der Waals surface area contributed by atoms with Gasteiger partial charge in [-0.3, -0.25) is 0 Å². The zero-order chi connectivity index (χ0) is 12.3. The van der Waals surface area contributed by atoms with Gasteiger partial charge in [0.15, 0.2) is 0 Å². The molecule has 0 spiro atoms. The molecule has 16 heavy (non-hydrogen) atoms. The summed E-state index contributed by atoms with van der Waals surface area (Å²) in [7, 11) is 2.97. The van der Waals surface area contributed by atoms with Gasteiger partial charge in [-0.15, -0.1) is 0 Å². The van der Waals surface area contributed by atoms with Gasteiger partial charge in [0, 0.05) is 12.7 Å². The molecule has 0 amide bonds. The Balaban J connectivity index is 3.16. The van der Waals surface area contributed by atoms with E-state index in [0.717, 1.165) is 0 Å². The second-order valence-corrected chi connectivity index (χ2v) is 4.10. The topological polar surface area (TPSA) is 38.7 Å². The first-order valence-electron chi connectivity index (χ1n) is 4.99. The van der Waals surface area contributed by atoms with Gasteiger partial charge in [0.2, 0.25) is 0 Å². The van der Waals surface area contributed by atoms with Crippen LogP contribution in [-0.2, 0) is 4.74 Å². The average Bonchev–Trinajstić information content (AvgIpc) is 2.28. The van der Waals surface area contributed by atoms with Crippen molar-refractivity contribution in [2.75, 3.05) is 14.2 Å². The van der Waals surface area contributed by atoms with Gasteiger partial charge in [-0.2, -0.15) is 0 Å². The van der Waals surface area contributed by atoms with Gasteiger partial charge in [-0.25, -0.2) is 4.39 Å². The van der Waals surface area contributed by atoms with Gasteiger partial charge >= 0.3 is 0 Å². The van der Waals surface area contributed by atoms with Crippen molar-refractivity contribution in [3.8, 4) is 5.75 Å². The maximum Gasteiger partial charge on any atom is 0.124 e. The Hall–Kier alpha value is -1.13. The Morgan fingerprint density at radius 2 is 1.94 bits per heavy atom. The van der Waals surface area contributed by atoms with Crippen LogP contribution in [0.4, 0.5) is 4.39 Å². The van der Waals surface area contributed by atoms with Gasteiger partial charge in [0.1, 0.15) is 17.7 Å². The lowest BCUT2D eigenvalue weighted by Gasteiger charge is -2.30. The van der Waals surface area contributed by atoms with E-state index in [9.17, 15) is 9.50 Å². The molecule has 0 aliphatic heterocycles. The molecule has 90 valence electrons. The molecule has 3 nitrogen and oxygen atoms in total. The molecule has 1 unspecified atom stereocenters. The van der Waals surface area contributed by atoms with E-state index in [1.54, 1.807) is 13.8 Å². The molecule has 0 aliphatic carbocycles. The van der Waals surface area contributed by atoms with Gasteiger partial charge in [0.25, 0.3) is 0 Å². The smallest absolute Gasteiger partial charge is 0.124 e. The third-order valence-electron chi connectivity index (χ3n) is 2.67. The Morgan fingerprint density at radius 1 is 1.31 bits per heavy atom. The predicted octanol–water partition coefficient (Wildman–Crippen LogP) is 2.29. The second kappa shape index (κ2) is 4.80. The molecule has 0 aliphatic rings. The summed E-state index contributed by atoms with van der Waals surface area (Å²) >= 11 is 0. The molecule has 1 aromatic rings. The van der Waals surface area contributed by atoms with Crippen LogP contribution in [0, 0.1) is 5.82 Å². The number of rotatable bonds is 4. The molecule has 1 aromatic carbocycles. The predicted molar refractivity (Wildman–Crippen MR) is 59.0 cm³/mol. The number of halogens is 1. The fourth-order valence-corrected chi connectivity index (χ4v) is 1.41. The zero-order valence-electron chi connectivity index (χ0n) is 9.95. The van der Waals surface area contributed by atoms with Crippen LogP contribution in [0.1, 0.15) is 25.5 Å². The average molecular weight is 228 g/mol. The number of ether oxygens (including phenoxy) is 2. The fourth-order valence-electron chi connectivity index (χ4n) is 1.41. The Bertz CT molecular complexity index is 363. The van der Waals surface area contributed by atoms with Crippen LogP contribution in [0.5, 0.6) is 5.75 Å². The van der Waals surface area contributed by atoms with Crippen molar-refractivity contribution in [1.29, 1.82) is 0 Å². The van der Waals surface area contributed by atoms with Crippen LogP contribution in [0.25, 0.3) is 0 Å². The summed E-state index contributed by atoms with van der Waals surface area (Å²) in [5, 5.41) is 10.1. The molecule has 0 fully saturated rings. The highest BCUT2D eigenvalue weighted by atomic mass is 19.1. The summed E-state index contributed by atoms with van der Waals surface area (Å²) in [4.78, 5) is 0. The van der Waals surface area contributed by atoms with E-state index in [0.29, 0.717) is 11.3 Å². The summed E-state index contributed by atoms with van der Waals surface area (Å²) in [6.45, 7) is 3.45. The van der Waals surface area contributed by atoms with Crippen LogP contribution in [-0.4, -0.2) is 24.9 Å². The molecule has 0 heterocycles. The van der Waals surface area contributed by atoms with Crippen molar-refractivity contribution >= 4 is 0 Å². The standard InChI is InChI=1S/C12H17FO3/c1-12(2,16-4)11(14)9-7-8(13)5-6-10(9)15-3/h5-7,11,14H,1-4H3. The molecule has 0 radical (unpaired) electrons. The highest BCUT2D eigenvalue weighted by Crippen LogP contribution is 2.34. The third-order valence-corrected chi connectivity index (χ3v) is 2.67. The third kappa shape index (κ3) is 2.51. The van der Waals surface area contributed by atoms with Crippen LogP contribution in [0.15, 0.2) is 18.2 Å². The van der Waals surface area contributed by atoms with Crippen molar-refractivity contribution in [2.45, 2.75) is 25.6 Å². The van der Waals surface area contributed by atoms with Crippen molar-refractivity contribution in [2.24, 2.45) is 0 Å². The van der Waals surface area contributed by atoms with Gasteiger partial charge < -0.3 is 14.6 Å². The van der Waals surface area contributed by atoms with Gasteiger partial charge in [-0.05, 0) is 32.0 Å². The Labute approximate surface area is 94.8 Å². The van der Waals surface area contributed by atoms with Crippen molar-refractivity contribution in [3.63, 3.8) is 0 Å². The van der Waals surface area contributed by atoms with E-state index in [1.165, 1.54) is 32.4 Å². The van der Waals surface area contributed by atoms with Crippen LogP contribution in [0.3, 0.4) is 0 Å². The number of aliphatic hydroxyl groups is 1. The van der Waals surface area contributed by atoms with Gasteiger partial charge in [-0.1, -0.05) is 0 Å². The van der Waals surface area contributed by atoms with E-state index in [-0.39, 0.29) is 0 Å². The Kier molecular flexibility index (Phi) is 3.88. The monoisotopic (exact) mass is 228 g/mol. The van der Waals surface area contributed by atoms with Crippen LogP contribution in [0.2, 0.25) is 0 Å². The second-order valence-electron chi connectivity index (χ2n) is 4.10. The summed E-state index contributed by atoms with van der Waals surface area (Å²) < 4.78 is 23.4. The van der Waals surface area contributed by atoms with E-state index >= 15 is 0 Å². The molecule has 4 heteroatoms. The lowest BCUT2D eigenvalue weighted by molar-refractivity contribution is -0.0801. The number of hydrogen-bond acceptors (Lipinski definition) is 3. The SMILES string of the molecule is COc1ccc(F)cc1C(O)C(C)(C)OC. The summed E-state index contributed by atoms with van der Waals surface area (Å²) in [6.07, 6.45) is -0.955. The largest absolute Gasteiger partial charge is 0.496 e. The first-order valence-corrected chi connectivity index (χ1v) is 4.99. The normalized spacial score (nSPS) is 13.6. The minimum absolute atomic E-state index is 0.384. The lowest BCUT2D eigenvalue weighted by atomic mass is 9.94. The highest BCUT2D eigenvalue weighted by Gasteiger charge is 2.31. The van der Waals surface area contributed by atoms with Crippen LogP contribution < -0.4 is 4.74 Å². The first-order chi connectivity index (χ1) is 7.42. The molecule has 0 aromatic heterocycles. The summed E-state index contributed by atoms with van der Waals surface area (Å²) in [6, 6.07) is 4.03. The summed E-state index contributed by atoms with van der Waals surface area (Å²) in [5.74, 6) is 0.0285. The minimum Gasteiger partial charge on any atom is -0.496 e. The van der Waals surface area contributed by atoms with Crippen molar-refractivity contribution in [3.05, 3.63) is 29.6 Å². The van der Waals surface area contributed by atoms with E-state index in [4.69, 9.17) is 9.47 Å². The zero-order valence-corrected chi connectivity index (χ0v) is 9.95. The molecular weight excluding hydrogens is 211 g/mol. The lowest BCUT2D eigenvalue weighted by Crippen LogP contribution is -2.31. The molecule has 1 N–H and O–H groups in total. The van der Waals surface area contributed by atoms with E-state index in [1.807, 2.05) is 0 Å². The van der Waals surface area contributed by atoms with Gasteiger partial charge in [0.05, 0.1) is 12.7 Å². The number of hydrogen-bond donors (Lipinski definition) is 1. The van der Waals surface area contributed by atoms with E-state index < -0.39 is 17.5 Å². The minimum atomic E-state index is -0.955. The molecule has 1 atom stereocenters. The summed E-state index contributed by atoms with van der Waals surface area (Å²) in [5.41, 5.74) is -0.421.